The Morgan fingerprint density at radius 3 is 2.53 bits per heavy atom. The van der Waals surface area contributed by atoms with E-state index in [4.69, 9.17) is 0 Å². The first-order valence-electron chi connectivity index (χ1n) is 5.33. The van der Waals surface area contributed by atoms with Gasteiger partial charge in [0.25, 0.3) is 0 Å². The summed E-state index contributed by atoms with van der Waals surface area (Å²) in [4.78, 5) is 2.29. The van der Waals surface area contributed by atoms with E-state index in [9.17, 15) is 4.39 Å². The smallest absolute Gasteiger partial charge is 0.126 e. The molecule has 0 fully saturated rings. The maximum absolute atomic E-state index is 13.4. The third-order valence-electron chi connectivity index (χ3n) is 2.60. The van der Waals surface area contributed by atoms with Gasteiger partial charge in [0.05, 0.1) is 0 Å². The Balaban J connectivity index is 2.60. The summed E-state index contributed by atoms with van der Waals surface area (Å²) in [5.74, 6) is -0.106. The van der Waals surface area contributed by atoms with Crippen LogP contribution in [0, 0.1) is 5.82 Å². The normalized spacial score (nSPS) is 11.0. The predicted molar refractivity (Wildman–Crippen MR) is 65.6 cm³/mol. The van der Waals surface area contributed by atoms with Crippen LogP contribution in [0.1, 0.15) is 19.4 Å². The van der Waals surface area contributed by atoms with Gasteiger partial charge >= 0.3 is 0 Å². The largest absolute Gasteiger partial charge is 0.304 e. The minimum Gasteiger partial charge on any atom is -0.304 e. The fraction of sp³-hybridized carbons (Fsp3) is 0.500. The molecule has 0 aliphatic carbocycles. The van der Waals surface area contributed by atoms with Crippen LogP contribution >= 0.6 is 15.9 Å². The molecule has 0 aliphatic rings. The van der Waals surface area contributed by atoms with E-state index in [-0.39, 0.29) is 5.82 Å². The average molecular weight is 274 g/mol. The minimum absolute atomic E-state index is 0.106. The molecule has 0 aliphatic heterocycles. The van der Waals surface area contributed by atoms with E-state index in [0.29, 0.717) is 0 Å². The standard InChI is InChI=1S/C12H17BrFN/c1-3-15(4-2)8-7-10-9-11(13)5-6-12(10)14/h5-6,9H,3-4,7-8H2,1-2H3. The molecule has 0 radical (unpaired) electrons. The summed E-state index contributed by atoms with van der Waals surface area (Å²) in [6, 6.07) is 5.11. The summed E-state index contributed by atoms with van der Waals surface area (Å²) in [5.41, 5.74) is 0.788. The first-order valence-corrected chi connectivity index (χ1v) is 6.13. The predicted octanol–water partition coefficient (Wildman–Crippen LogP) is 3.47. The number of rotatable bonds is 5. The van der Waals surface area contributed by atoms with Crippen LogP contribution in [0.25, 0.3) is 0 Å². The van der Waals surface area contributed by atoms with Crippen LogP contribution in [0.5, 0.6) is 0 Å². The molecule has 15 heavy (non-hydrogen) atoms. The highest BCUT2D eigenvalue weighted by Gasteiger charge is 2.05. The van der Waals surface area contributed by atoms with Crippen molar-refractivity contribution in [2.45, 2.75) is 20.3 Å². The lowest BCUT2D eigenvalue weighted by atomic mass is 10.1. The van der Waals surface area contributed by atoms with Gasteiger partial charge in [-0.3, -0.25) is 0 Å². The van der Waals surface area contributed by atoms with Gasteiger partial charge in [-0.1, -0.05) is 29.8 Å². The van der Waals surface area contributed by atoms with Crippen molar-refractivity contribution < 1.29 is 4.39 Å². The van der Waals surface area contributed by atoms with Crippen LogP contribution in [0.4, 0.5) is 4.39 Å². The third kappa shape index (κ3) is 3.92. The molecule has 0 bridgehead atoms. The number of benzene rings is 1. The molecule has 1 aromatic carbocycles. The Morgan fingerprint density at radius 2 is 1.93 bits per heavy atom. The molecule has 0 saturated heterocycles. The quantitative estimate of drug-likeness (QED) is 0.794. The first kappa shape index (κ1) is 12.7. The van der Waals surface area contributed by atoms with Gasteiger partial charge in [0.2, 0.25) is 0 Å². The van der Waals surface area contributed by atoms with Crippen molar-refractivity contribution in [3.8, 4) is 0 Å². The highest BCUT2D eigenvalue weighted by Crippen LogP contribution is 2.16. The van der Waals surface area contributed by atoms with Gasteiger partial charge in [-0.15, -0.1) is 0 Å². The molecule has 0 saturated carbocycles. The lowest BCUT2D eigenvalue weighted by Crippen LogP contribution is -2.25. The molecule has 1 aromatic rings. The molecule has 84 valence electrons. The number of nitrogens with zero attached hydrogens (tertiary/aromatic N) is 1. The first-order chi connectivity index (χ1) is 7.17. The summed E-state index contributed by atoms with van der Waals surface area (Å²) < 4.78 is 14.3. The van der Waals surface area contributed by atoms with Gasteiger partial charge in [0.15, 0.2) is 0 Å². The zero-order valence-electron chi connectivity index (χ0n) is 9.26. The molecule has 0 N–H and O–H groups in total. The summed E-state index contributed by atoms with van der Waals surface area (Å²) in [6.07, 6.45) is 0.771. The van der Waals surface area contributed by atoms with E-state index >= 15 is 0 Å². The van der Waals surface area contributed by atoms with Crippen molar-refractivity contribution >= 4 is 15.9 Å². The summed E-state index contributed by atoms with van der Waals surface area (Å²) in [5, 5.41) is 0. The Kier molecular flexibility index (Phi) is 5.26. The van der Waals surface area contributed by atoms with Gasteiger partial charge in [-0.2, -0.15) is 0 Å². The number of likely N-dealkylation sites (N-methyl/N-ethyl adjacent to an activating group) is 1. The third-order valence-corrected chi connectivity index (χ3v) is 3.09. The highest BCUT2D eigenvalue weighted by atomic mass is 79.9. The molecule has 0 amide bonds. The lowest BCUT2D eigenvalue weighted by molar-refractivity contribution is 0.306. The summed E-state index contributed by atoms with van der Waals surface area (Å²) >= 11 is 3.36. The molecule has 0 spiro atoms. The van der Waals surface area contributed by atoms with Crippen LogP contribution in [-0.2, 0) is 6.42 Å². The average Bonchev–Trinajstić information content (AvgIpc) is 2.24. The maximum atomic E-state index is 13.4. The van der Waals surface area contributed by atoms with Gasteiger partial charge in [-0.25, -0.2) is 4.39 Å². The molecule has 0 atom stereocenters. The highest BCUT2D eigenvalue weighted by molar-refractivity contribution is 9.10. The Bertz CT molecular complexity index is 310. The van der Waals surface area contributed by atoms with Crippen molar-refractivity contribution in [3.05, 3.63) is 34.1 Å². The van der Waals surface area contributed by atoms with E-state index in [1.54, 1.807) is 6.07 Å². The number of hydrogen-bond acceptors (Lipinski definition) is 1. The zero-order valence-corrected chi connectivity index (χ0v) is 10.8. The molecule has 1 nitrogen and oxygen atoms in total. The molecule has 0 aromatic heterocycles. The van der Waals surface area contributed by atoms with Crippen molar-refractivity contribution in [2.24, 2.45) is 0 Å². The molecular weight excluding hydrogens is 257 g/mol. The van der Waals surface area contributed by atoms with E-state index in [2.05, 4.69) is 34.7 Å². The Hall–Kier alpha value is -0.410. The SMILES string of the molecule is CCN(CC)CCc1cc(Br)ccc1F. The maximum Gasteiger partial charge on any atom is 0.126 e. The van der Waals surface area contributed by atoms with Crippen molar-refractivity contribution in [3.63, 3.8) is 0 Å². The fourth-order valence-corrected chi connectivity index (χ4v) is 1.96. The van der Waals surface area contributed by atoms with Crippen molar-refractivity contribution in [2.75, 3.05) is 19.6 Å². The second kappa shape index (κ2) is 6.23. The molecule has 0 unspecified atom stereocenters. The van der Waals surface area contributed by atoms with E-state index in [1.165, 1.54) is 6.07 Å². The van der Waals surface area contributed by atoms with E-state index in [1.807, 2.05) is 6.07 Å². The summed E-state index contributed by atoms with van der Waals surface area (Å²) in [7, 11) is 0. The second-order valence-corrected chi connectivity index (χ2v) is 4.43. The van der Waals surface area contributed by atoms with Crippen molar-refractivity contribution in [1.29, 1.82) is 0 Å². The Labute approximate surface area is 99.4 Å². The lowest BCUT2D eigenvalue weighted by Gasteiger charge is -2.17. The molecule has 3 heteroatoms. The number of hydrogen-bond donors (Lipinski definition) is 0. The van der Waals surface area contributed by atoms with Crippen LogP contribution in [-0.4, -0.2) is 24.5 Å². The number of halogens is 2. The minimum atomic E-state index is -0.106. The van der Waals surface area contributed by atoms with Crippen LogP contribution < -0.4 is 0 Å². The second-order valence-electron chi connectivity index (χ2n) is 3.51. The topological polar surface area (TPSA) is 3.24 Å². The van der Waals surface area contributed by atoms with Crippen LogP contribution in [0.2, 0.25) is 0 Å². The Morgan fingerprint density at radius 1 is 1.27 bits per heavy atom. The molecule has 1 rings (SSSR count). The van der Waals surface area contributed by atoms with Gasteiger partial charge in [-0.05, 0) is 43.3 Å². The zero-order chi connectivity index (χ0) is 11.3. The van der Waals surface area contributed by atoms with Crippen LogP contribution in [0.15, 0.2) is 22.7 Å². The van der Waals surface area contributed by atoms with Gasteiger partial charge in [0, 0.05) is 11.0 Å². The molecular formula is C12H17BrFN. The van der Waals surface area contributed by atoms with E-state index in [0.717, 1.165) is 36.1 Å². The van der Waals surface area contributed by atoms with Crippen molar-refractivity contribution in [1.82, 2.24) is 4.90 Å². The van der Waals surface area contributed by atoms with Gasteiger partial charge < -0.3 is 4.90 Å². The fourth-order valence-electron chi connectivity index (χ4n) is 1.55. The van der Waals surface area contributed by atoms with Crippen LogP contribution in [0.3, 0.4) is 0 Å². The molecule has 0 heterocycles. The monoisotopic (exact) mass is 273 g/mol. The van der Waals surface area contributed by atoms with Gasteiger partial charge in [0.1, 0.15) is 5.82 Å². The van der Waals surface area contributed by atoms with E-state index < -0.39 is 0 Å². The summed E-state index contributed by atoms with van der Waals surface area (Å²) in [6.45, 7) is 7.21.